The van der Waals surface area contributed by atoms with Gasteiger partial charge < -0.3 is 4.90 Å². The van der Waals surface area contributed by atoms with Gasteiger partial charge in [0.05, 0.1) is 11.9 Å². The van der Waals surface area contributed by atoms with Crippen LogP contribution in [-0.2, 0) is 14.8 Å². The van der Waals surface area contributed by atoms with Gasteiger partial charge >= 0.3 is 0 Å². The summed E-state index contributed by atoms with van der Waals surface area (Å²) in [7, 11) is -3.48. The number of carbonyl (C=O) groups is 1. The fourth-order valence-electron chi connectivity index (χ4n) is 2.94. The second-order valence-electron chi connectivity index (χ2n) is 6.35. The Morgan fingerprint density at radius 3 is 2.31 bits per heavy atom. The molecule has 0 N–H and O–H groups in total. The first-order valence-electron chi connectivity index (χ1n) is 8.64. The summed E-state index contributed by atoms with van der Waals surface area (Å²) in [6.07, 6.45) is 1.28. The van der Waals surface area contributed by atoms with Gasteiger partial charge in [-0.25, -0.2) is 8.42 Å². The molecule has 26 heavy (non-hydrogen) atoms. The summed E-state index contributed by atoms with van der Waals surface area (Å²) in [4.78, 5) is 14.4. The van der Waals surface area contributed by atoms with E-state index in [1.165, 1.54) is 10.6 Å². The number of benzene rings is 2. The highest BCUT2D eigenvalue weighted by molar-refractivity contribution is 7.92. The van der Waals surface area contributed by atoms with Crippen molar-refractivity contribution in [3.63, 3.8) is 0 Å². The van der Waals surface area contributed by atoms with Gasteiger partial charge in [-0.1, -0.05) is 30.3 Å². The molecule has 5 nitrogen and oxygen atoms in total. The second-order valence-corrected chi connectivity index (χ2v) is 8.26. The molecule has 0 fully saturated rings. The average Bonchev–Trinajstić information content (AvgIpc) is 2.56. The molecule has 1 amide bonds. The number of rotatable bonds is 7. The molecular weight excluding hydrogens is 348 g/mol. The van der Waals surface area contributed by atoms with Crippen LogP contribution in [0.25, 0.3) is 0 Å². The minimum atomic E-state index is -3.48. The molecule has 2 rings (SSSR count). The zero-order valence-electron chi connectivity index (χ0n) is 15.8. The first-order chi connectivity index (χ1) is 12.2. The van der Waals surface area contributed by atoms with Gasteiger partial charge in [-0.2, -0.15) is 0 Å². The van der Waals surface area contributed by atoms with Gasteiger partial charge in [0, 0.05) is 25.2 Å². The van der Waals surface area contributed by atoms with Crippen molar-refractivity contribution in [3.05, 3.63) is 59.7 Å². The molecule has 0 spiro atoms. The van der Waals surface area contributed by atoms with Crippen molar-refractivity contribution in [3.8, 4) is 0 Å². The first-order valence-corrected chi connectivity index (χ1v) is 10.5. The maximum Gasteiger partial charge on any atom is 0.232 e. The molecule has 2 aromatic carbocycles. The van der Waals surface area contributed by atoms with Crippen LogP contribution < -0.4 is 9.21 Å². The third-order valence-electron chi connectivity index (χ3n) is 4.24. The van der Waals surface area contributed by atoms with Crippen molar-refractivity contribution in [2.24, 2.45) is 0 Å². The highest BCUT2D eigenvalue weighted by Gasteiger charge is 2.22. The molecule has 2 aromatic rings. The summed E-state index contributed by atoms with van der Waals surface area (Å²) in [6, 6.07) is 15.0. The van der Waals surface area contributed by atoms with E-state index in [0.29, 0.717) is 12.2 Å². The van der Waals surface area contributed by atoms with E-state index in [1.54, 1.807) is 17.0 Å². The van der Waals surface area contributed by atoms with E-state index in [0.717, 1.165) is 16.8 Å². The van der Waals surface area contributed by atoms with Crippen LogP contribution in [0.2, 0.25) is 0 Å². The lowest BCUT2D eigenvalue weighted by Gasteiger charge is -2.26. The third-order valence-corrected chi connectivity index (χ3v) is 5.42. The number of anilines is 2. The van der Waals surface area contributed by atoms with Crippen LogP contribution in [0.3, 0.4) is 0 Å². The zero-order valence-corrected chi connectivity index (χ0v) is 16.6. The number of hydrogen-bond acceptors (Lipinski definition) is 3. The van der Waals surface area contributed by atoms with Crippen LogP contribution in [0.15, 0.2) is 48.5 Å². The Kier molecular flexibility index (Phi) is 6.42. The summed E-state index contributed by atoms with van der Waals surface area (Å²) in [5.74, 6) is -0.0969. The second kappa shape index (κ2) is 8.36. The van der Waals surface area contributed by atoms with Crippen LogP contribution in [0, 0.1) is 13.8 Å². The van der Waals surface area contributed by atoms with E-state index in [2.05, 4.69) is 0 Å². The van der Waals surface area contributed by atoms with Crippen LogP contribution >= 0.6 is 0 Å². The lowest BCUT2D eigenvalue weighted by molar-refractivity contribution is -0.118. The van der Waals surface area contributed by atoms with Crippen LogP contribution in [0.4, 0.5) is 11.4 Å². The fourth-order valence-corrected chi connectivity index (χ4v) is 3.92. The number of nitrogens with zero attached hydrogens (tertiary/aromatic N) is 2. The largest absolute Gasteiger partial charge is 0.313 e. The Hall–Kier alpha value is -2.34. The van der Waals surface area contributed by atoms with E-state index in [4.69, 9.17) is 0 Å². The minimum absolute atomic E-state index is 0.0969. The molecule has 0 radical (unpaired) electrons. The smallest absolute Gasteiger partial charge is 0.232 e. The van der Waals surface area contributed by atoms with Gasteiger partial charge in [0.25, 0.3) is 0 Å². The van der Waals surface area contributed by atoms with Crippen molar-refractivity contribution in [1.82, 2.24) is 0 Å². The third kappa shape index (κ3) is 4.85. The minimum Gasteiger partial charge on any atom is -0.313 e. The molecule has 140 valence electrons. The van der Waals surface area contributed by atoms with Gasteiger partial charge in [0.2, 0.25) is 15.9 Å². The Labute approximate surface area is 156 Å². The molecule has 0 aliphatic heterocycles. The van der Waals surface area contributed by atoms with Gasteiger partial charge in [0.15, 0.2) is 0 Å². The molecule has 0 aliphatic carbocycles. The van der Waals surface area contributed by atoms with Gasteiger partial charge in [-0.05, 0) is 50.1 Å². The summed E-state index contributed by atoms with van der Waals surface area (Å²) in [5, 5.41) is 0. The van der Waals surface area contributed by atoms with Crippen LogP contribution in [-0.4, -0.2) is 33.7 Å². The van der Waals surface area contributed by atoms with E-state index in [1.807, 2.05) is 57.2 Å². The van der Waals surface area contributed by atoms with Crippen molar-refractivity contribution in [1.29, 1.82) is 0 Å². The molecule has 0 aliphatic rings. The van der Waals surface area contributed by atoms with Crippen molar-refractivity contribution in [2.45, 2.75) is 27.2 Å². The quantitative estimate of drug-likeness (QED) is 0.745. The fraction of sp³-hybridized carbons (Fsp3) is 0.350. The highest BCUT2D eigenvalue weighted by Crippen LogP contribution is 2.23. The molecule has 6 heteroatoms. The van der Waals surface area contributed by atoms with Gasteiger partial charge in [-0.15, -0.1) is 0 Å². The monoisotopic (exact) mass is 374 g/mol. The standard InChI is InChI=1S/C20H26N2O3S/c1-5-21(18-11-8-9-16(2)15-18)20(23)13-14-22(26(4,24)25)19-12-7-6-10-17(19)3/h6-12,15H,5,13-14H2,1-4H3. The van der Waals surface area contributed by atoms with E-state index < -0.39 is 10.0 Å². The molecule has 0 heterocycles. The lowest BCUT2D eigenvalue weighted by atomic mass is 10.2. The summed E-state index contributed by atoms with van der Waals surface area (Å²) in [6.45, 7) is 6.40. The zero-order chi connectivity index (χ0) is 19.3. The van der Waals surface area contributed by atoms with E-state index in [9.17, 15) is 13.2 Å². The summed E-state index contributed by atoms with van der Waals surface area (Å²) < 4.78 is 25.8. The van der Waals surface area contributed by atoms with E-state index in [-0.39, 0.29) is 18.9 Å². The van der Waals surface area contributed by atoms with Crippen molar-refractivity contribution < 1.29 is 13.2 Å². The number of carbonyl (C=O) groups excluding carboxylic acids is 1. The number of para-hydroxylation sites is 1. The molecule has 0 atom stereocenters. The number of amides is 1. The number of aryl methyl sites for hydroxylation is 2. The van der Waals surface area contributed by atoms with Crippen LogP contribution in [0.1, 0.15) is 24.5 Å². The molecule has 0 unspecified atom stereocenters. The molecule has 0 saturated heterocycles. The Morgan fingerprint density at radius 1 is 1.04 bits per heavy atom. The maximum absolute atomic E-state index is 12.7. The Morgan fingerprint density at radius 2 is 1.73 bits per heavy atom. The summed E-state index contributed by atoms with van der Waals surface area (Å²) >= 11 is 0. The molecule has 0 aromatic heterocycles. The number of hydrogen-bond donors (Lipinski definition) is 0. The molecule has 0 saturated carbocycles. The van der Waals surface area contributed by atoms with Crippen LogP contribution in [0.5, 0.6) is 0 Å². The Bertz CT molecular complexity index is 878. The van der Waals surface area contributed by atoms with Gasteiger partial charge in [-0.3, -0.25) is 9.10 Å². The van der Waals surface area contributed by atoms with Gasteiger partial charge in [0.1, 0.15) is 0 Å². The maximum atomic E-state index is 12.7. The molecule has 0 bridgehead atoms. The first kappa shape index (κ1) is 20.0. The summed E-state index contributed by atoms with van der Waals surface area (Å²) in [5.41, 5.74) is 3.38. The predicted octanol–water partition coefficient (Wildman–Crippen LogP) is 3.51. The lowest BCUT2D eigenvalue weighted by Crippen LogP contribution is -2.37. The highest BCUT2D eigenvalue weighted by atomic mass is 32.2. The molecular formula is C20H26N2O3S. The topological polar surface area (TPSA) is 57.7 Å². The number of sulfonamides is 1. The average molecular weight is 375 g/mol. The van der Waals surface area contributed by atoms with Crippen molar-refractivity contribution >= 4 is 27.3 Å². The Balaban J connectivity index is 2.20. The predicted molar refractivity (Wildman–Crippen MR) is 107 cm³/mol. The van der Waals surface area contributed by atoms with Crippen molar-refractivity contribution in [2.75, 3.05) is 28.6 Å². The SMILES string of the molecule is CCN(C(=O)CCN(c1ccccc1C)S(C)(=O)=O)c1cccc(C)c1. The normalized spacial score (nSPS) is 11.2. The van der Waals surface area contributed by atoms with E-state index >= 15 is 0 Å².